The Morgan fingerprint density at radius 2 is 0.885 bits per heavy atom. The van der Waals surface area contributed by atoms with Crippen molar-refractivity contribution >= 4 is 15.9 Å². The second-order valence-electron chi connectivity index (χ2n) is 13.5. The molecular formula is C48H34BrN3. The highest BCUT2D eigenvalue weighted by molar-refractivity contribution is 9.10. The normalized spacial score (nSPS) is 12.7. The van der Waals surface area contributed by atoms with E-state index in [0.717, 1.165) is 32.3 Å². The molecule has 1 aliphatic carbocycles. The standard InChI is InChI=1S/C48H34BrN3/c1-31-19-24-38(25-20-31)48(39-26-21-32(2)22-27-39)41-28-23-36(30-40(41)44-42(48)17-10-18-43(44)49)35-15-9-16-37(29-35)47-51-45(33-11-5-3-6-12-33)50-46(52-47)34-13-7-4-8-14-34/h3-30H,1-2H3. The van der Waals surface area contributed by atoms with Crippen LogP contribution in [0.1, 0.15) is 33.4 Å². The van der Waals surface area contributed by atoms with Gasteiger partial charge in [-0.25, -0.2) is 15.0 Å². The Morgan fingerprint density at radius 1 is 0.404 bits per heavy atom. The van der Waals surface area contributed by atoms with Crippen LogP contribution >= 0.6 is 15.9 Å². The van der Waals surface area contributed by atoms with Gasteiger partial charge in [-0.1, -0.05) is 179 Å². The van der Waals surface area contributed by atoms with Crippen molar-refractivity contribution in [3.63, 3.8) is 0 Å². The molecule has 0 bridgehead atoms. The van der Waals surface area contributed by atoms with Crippen molar-refractivity contribution < 1.29 is 0 Å². The highest BCUT2D eigenvalue weighted by atomic mass is 79.9. The average Bonchev–Trinajstić information content (AvgIpc) is 3.50. The molecule has 0 N–H and O–H groups in total. The van der Waals surface area contributed by atoms with Crippen LogP contribution in [0.15, 0.2) is 174 Å². The maximum atomic E-state index is 5.00. The van der Waals surface area contributed by atoms with Gasteiger partial charge in [0, 0.05) is 26.7 Å². The summed E-state index contributed by atoms with van der Waals surface area (Å²) in [6, 6.07) is 60.5. The molecule has 8 aromatic rings. The maximum Gasteiger partial charge on any atom is 0.164 e. The summed E-state index contributed by atoms with van der Waals surface area (Å²) in [5.41, 5.74) is 14.6. The van der Waals surface area contributed by atoms with E-state index in [4.69, 9.17) is 15.0 Å². The minimum absolute atomic E-state index is 0.469. The summed E-state index contributed by atoms with van der Waals surface area (Å²) in [7, 11) is 0. The molecule has 0 amide bonds. The van der Waals surface area contributed by atoms with Crippen molar-refractivity contribution in [1.29, 1.82) is 0 Å². The fraction of sp³-hybridized carbons (Fsp3) is 0.0625. The van der Waals surface area contributed by atoms with Crippen LogP contribution in [0.3, 0.4) is 0 Å². The lowest BCUT2D eigenvalue weighted by molar-refractivity contribution is 0.767. The van der Waals surface area contributed by atoms with Crippen LogP contribution in [-0.4, -0.2) is 15.0 Å². The van der Waals surface area contributed by atoms with Gasteiger partial charge in [0.05, 0.1) is 5.41 Å². The van der Waals surface area contributed by atoms with E-state index in [2.05, 4.69) is 139 Å². The molecule has 0 atom stereocenters. The fourth-order valence-electron chi connectivity index (χ4n) is 7.68. The number of nitrogens with zero attached hydrogens (tertiary/aromatic N) is 3. The fourth-order valence-corrected chi connectivity index (χ4v) is 8.26. The van der Waals surface area contributed by atoms with E-state index in [9.17, 15) is 0 Å². The number of halogens is 1. The van der Waals surface area contributed by atoms with Gasteiger partial charge < -0.3 is 0 Å². The van der Waals surface area contributed by atoms with Crippen molar-refractivity contribution in [3.8, 4) is 56.4 Å². The zero-order valence-corrected chi connectivity index (χ0v) is 30.5. The second kappa shape index (κ2) is 13.0. The van der Waals surface area contributed by atoms with Crippen LogP contribution in [0.25, 0.3) is 56.4 Å². The molecule has 0 spiro atoms. The largest absolute Gasteiger partial charge is 0.208 e. The Kier molecular flexibility index (Phi) is 7.98. The lowest BCUT2D eigenvalue weighted by Crippen LogP contribution is -2.28. The third-order valence-corrected chi connectivity index (χ3v) is 10.9. The van der Waals surface area contributed by atoms with Crippen molar-refractivity contribution in [1.82, 2.24) is 15.0 Å². The summed E-state index contributed by atoms with van der Waals surface area (Å²) >= 11 is 3.99. The van der Waals surface area contributed by atoms with E-state index in [1.807, 2.05) is 60.7 Å². The SMILES string of the molecule is Cc1ccc(C2(c3ccc(C)cc3)c3ccc(-c4cccc(-c5nc(-c6ccccc6)nc(-c6ccccc6)n5)c4)cc3-c3c(Br)cccc32)cc1. The van der Waals surface area contributed by atoms with Crippen molar-refractivity contribution in [2.24, 2.45) is 0 Å². The van der Waals surface area contributed by atoms with Gasteiger partial charge in [0.2, 0.25) is 0 Å². The first kappa shape index (κ1) is 32.0. The summed E-state index contributed by atoms with van der Waals surface area (Å²) in [6.45, 7) is 4.30. The Bertz CT molecular complexity index is 2480. The molecule has 9 rings (SSSR count). The van der Waals surface area contributed by atoms with E-state index >= 15 is 0 Å². The number of hydrogen-bond acceptors (Lipinski definition) is 3. The van der Waals surface area contributed by atoms with Crippen LogP contribution in [0, 0.1) is 13.8 Å². The third kappa shape index (κ3) is 5.39. The van der Waals surface area contributed by atoms with Gasteiger partial charge in [0.1, 0.15) is 0 Å². The summed E-state index contributed by atoms with van der Waals surface area (Å²) in [5.74, 6) is 1.94. The summed E-state index contributed by atoms with van der Waals surface area (Å²) in [5, 5.41) is 0. The van der Waals surface area contributed by atoms with E-state index in [1.54, 1.807) is 0 Å². The molecule has 0 saturated carbocycles. The molecule has 1 aromatic heterocycles. The summed E-state index contributed by atoms with van der Waals surface area (Å²) in [4.78, 5) is 14.9. The number of aromatic nitrogens is 3. The van der Waals surface area contributed by atoms with Gasteiger partial charge in [-0.2, -0.15) is 0 Å². The Morgan fingerprint density at radius 3 is 1.46 bits per heavy atom. The van der Waals surface area contributed by atoms with E-state index < -0.39 is 5.41 Å². The van der Waals surface area contributed by atoms with Crippen LogP contribution < -0.4 is 0 Å². The number of aryl methyl sites for hydroxylation is 2. The number of hydrogen-bond donors (Lipinski definition) is 0. The first-order valence-electron chi connectivity index (χ1n) is 17.5. The van der Waals surface area contributed by atoms with E-state index in [1.165, 1.54) is 44.5 Å². The Balaban J connectivity index is 1.22. The van der Waals surface area contributed by atoms with Gasteiger partial charge >= 0.3 is 0 Å². The zero-order valence-electron chi connectivity index (χ0n) is 28.9. The molecule has 4 heteroatoms. The van der Waals surface area contributed by atoms with Crippen LogP contribution in [0.4, 0.5) is 0 Å². The van der Waals surface area contributed by atoms with Crippen LogP contribution in [-0.2, 0) is 5.41 Å². The lowest BCUT2D eigenvalue weighted by Gasteiger charge is -2.34. The highest BCUT2D eigenvalue weighted by Gasteiger charge is 2.46. The maximum absolute atomic E-state index is 5.00. The van der Waals surface area contributed by atoms with Crippen molar-refractivity contribution in [3.05, 3.63) is 208 Å². The molecule has 7 aromatic carbocycles. The number of rotatable bonds is 6. The second-order valence-corrected chi connectivity index (χ2v) is 14.4. The summed E-state index contributed by atoms with van der Waals surface area (Å²) in [6.07, 6.45) is 0. The van der Waals surface area contributed by atoms with Gasteiger partial charge in [0.15, 0.2) is 17.5 Å². The highest BCUT2D eigenvalue weighted by Crippen LogP contribution is 2.58. The van der Waals surface area contributed by atoms with Gasteiger partial charge in [-0.3, -0.25) is 0 Å². The Labute approximate surface area is 312 Å². The quantitative estimate of drug-likeness (QED) is 0.171. The topological polar surface area (TPSA) is 38.7 Å². The molecule has 0 aliphatic heterocycles. The first-order valence-corrected chi connectivity index (χ1v) is 18.3. The van der Waals surface area contributed by atoms with Crippen LogP contribution in [0.5, 0.6) is 0 Å². The Hall–Kier alpha value is -5.97. The van der Waals surface area contributed by atoms with E-state index in [0.29, 0.717) is 17.5 Å². The number of fused-ring (bicyclic) bond motifs is 3. The van der Waals surface area contributed by atoms with Crippen molar-refractivity contribution in [2.45, 2.75) is 19.3 Å². The smallest absolute Gasteiger partial charge is 0.164 e. The van der Waals surface area contributed by atoms with Crippen LogP contribution in [0.2, 0.25) is 0 Å². The predicted octanol–water partition coefficient (Wildman–Crippen LogP) is 12.3. The van der Waals surface area contributed by atoms with Gasteiger partial charge in [-0.05, 0) is 71.0 Å². The molecule has 1 aliphatic rings. The minimum Gasteiger partial charge on any atom is -0.208 e. The van der Waals surface area contributed by atoms with Gasteiger partial charge in [-0.15, -0.1) is 0 Å². The molecular weight excluding hydrogens is 698 g/mol. The van der Waals surface area contributed by atoms with Crippen molar-refractivity contribution in [2.75, 3.05) is 0 Å². The molecule has 0 unspecified atom stereocenters. The molecule has 0 radical (unpaired) electrons. The lowest BCUT2D eigenvalue weighted by atomic mass is 9.67. The molecule has 0 saturated heterocycles. The average molecular weight is 733 g/mol. The number of benzene rings is 7. The molecule has 1 heterocycles. The molecule has 52 heavy (non-hydrogen) atoms. The van der Waals surface area contributed by atoms with Gasteiger partial charge in [0.25, 0.3) is 0 Å². The third-order valence-electron chi connectivity index (χ3n) is 10.2. The monoisotopic (exact) mass is 731 g/mol. The molecule has 248 valence electrons. The first-order chi connectivity index (χ1) is 25.5. The molecule has 3 nitrogen and oxygen atoms in total. The molecule has 0 fully saturated rings. The van der Waals surface area contributed by atoms with E-state index in [-0.39, 0.29) is 0 Å². The summed E-state index contributed by atoms with van der Waals surface area (Å²) < 4.78 is 1.09. The predicted molar refractivity (Wildman–Crippen MR) is 216 cm³/mol. The zero-order chi connectivity index (χ0) is 35.2. The minimum atomic E-state index is -0.469.